The molecule has 9 heteroatoms. The quantitative estimate of drug-likeness (QED) is 0.383. The van der Waals surface area contributed by atoms with Gasteiger partial charge in [-0.3, -0.25) is 15.0 Å². The van der Waals surface area contributed by atoms with E-state index >= 15 is 0 Å². The van der Waals surface area contributed by atoms with Crippen LogP contribution >= 0.6 is 0 Å². The molecule has 0 saturated carbocycles. The van der Waals surface area contributed by atoms with E-state index in [-0.39, 0.29) is 5.69 Å². The lowest BCUT2D eigenvalue weighted by molar-refractivity contribution is -0.384. The van der Waals surface area contributed by atoms with E-state index in [1.807, 2.05) is 47.1 Å². The number of aromatic nitrogens is 3. The lowest BCUT2D eigenvalue weighted by atomic mass is 10.1. The van der Waals surface area contributed by atoms with Crippen LogP contribution in [-0.2, 0) is 6.54 Å². The molecular weight excluding hydrogens is 406 g/mol. The average Bonchev–Trinajstić information content (AvgIpc) is 3.17. The Balaban J connectivity index is 1.43. The second kappa shape index (κ2) is 8.27. The smallest absolute Gasteiger partial charge is 0.269 e. The van der Waals surface area contributed by atoms with Crippen LogP contribution in [0.5, 0.6) is 0 Å². The summed E-state index contributed by atoms with van der Waals surface area (Å²) in [7, 11) is 0. The molecule has 0 unspecified atom stereocenters. The number of anilines is 2. The molecule has 1 fully saturated rings. The van der Waals surface area contributed by atoms with E-state index < -0.39 is 4.92 Å². The number of benzene rings is 1. The Labute approximate surface area is 184 Å². The molecule has 162 valence electrons. The molecule has 32 heavy (non-hydrogen) atoms. The lowest BCUT2D eigenvalue weighted by Gasteiger charge is -2.35. The fraction of sp³-hybridized carbons (Fsp3) is 0.217. The van der Waals surface area contributed by atoms with Crippen LogP contribution in [0, 0.1) is 10.1 Å². The maximum absolute atomic E-state index is 11.0. The number of nitrogen functional groups attached to an aromatic ring is 1. The zero-order valence-electron chi connectivity index (χ0n) is 17.5. The molecule has 4 heterocycles. The van der Waals surface area contributed by atoms with E-state index in [2.05, 4.69) is 14.8 Å². The molecule has 2 N–H and O–H groups in total. The second-order valence-electron chi connectivity index (χ2n) is 7.85. The van der Waals surface area contributed by atoms with Crippen LogP contribution < -0.4 is 10.6 Å². The number of pyridine rings is 2. The van der Waals surface area contributed by atoms with Crippen molar-refractivity contribution in [2.45, 2.75) is 6.54 Å². The van der Waals surface area contributed by atoms with Crippen LogP contribution in [-0.4, -0.2) is 50.4 Å². The largest absolute Gasteiger partial charge is 0.398 e. The van der Waals surface area contributed by atoms with Gasteiger partial charge in [0.05, 0.1) is 16.3 Å². The number of nitrogens with two attached hydrogens (primary N) is 1. The number of hydrogen-bond donors (Lipinski definition) is 1. The molecule has 9 nitrogen and oxygen atoms in total. The predicted octanol–water partition coefficient (Wildman–Crippen LogP) is 3.21. The van der Waals surface area contributed by atoms with Crippen molar-refractivity contribution in [1.82, 2.24) is 19.3 Å². The number of hydrogen-bond acceptors (Lipinski definition) is 7. The zero-order valence-corrected chi connectivity index (χ0v) is 17.5. The van der Waals surface area contributed by atoms with Gasteiger partial charge in [0.15, 0.2) is 0 Å². The van der Waals surface area contributed by atoms with E-state index in [9.17, 15) is 10.1 Å². The van der Waals surface area contributed by atoms with Gasteiger partial charge in [-0.05, 0) is 36.4 Å². The van der Waals surface area contributed by atoms with Crippen LogP contribution in [0.15, 0.2) is 67.0 Å². The van der Waals surface area contributed by atoms with Crippen molar-refractivity contribution in [3.05, 3.63) is 82.8 Å². The normalized spacial score (nSPS) is 14.7. The van der Waals surface area contributed by atoms with Gasteiger partial charge in [-0.15, -0.1) is 0 Å². The van der Waals surface area contributed by atoms with E-state index in [1.165, 1.54) is 12.1 Å². The Morgan fingerprint density at radius 1 is 1.00 bits per heavy atom. The third-order valence-electron chi connectivity index (χ3n) is 5.81. The number of rotatable bonds is 5. The van der Waals surface area contributed by atoms with Crippen LogP contribution in [0.1, 0.15) is 5.69 Å². The Hall–Kier alpha value is -3.98. The topological polar surface area (TPSA) is 106 Å². The van der Waals surface area contributed by atoms with E-state index in [0.717, 1.165) is 54.6 Å². The van der Waals surface area contributed by atoms with E-state index in [1.54, 1.807) is 12.1 Å². The summed E-state index contributed by atoms with van der Waals surface area (Å²) in [5.41, 5.74) is 10.3. The number of nitro benzene ring substituents is 1. The van der Waals surface area contributed by atoms with Crippen molar-refractivity contribution >= 4 is 22.8 Å². The number of non-ortho nitro benzene ring substituents is 1. The van der Waals surface area contributed by atoms with Crippen molar-refractivity contribution in [1.29, 1.82) is 0 Å². The van der Waals surface area contributed by atoms with Crippen molar-refractivity contribution in [3.8, 4) is 11.3 Å². The van der Waals surface area contributed by atoms with Gasteiger partial charge in [-0.25, -0.2) is 9.97 Å². The van der Waals surface area contributed by atoms with Crippen molar-refractivity contribution in [2.24, 2.45) is 0 Å². The minimum atomic E-state index is -0.393. The van der Waals surface area contributed by atoms with Gasteiger partial charge in [-0.2, -0.15) is 0 Å². The summed E-state index contributed by atoms with van der Waals surface area (Å²) in [6.07, 6.45) is 3.71. The molecule has 5 rings (SSSR count). The monoisotopic (exact) mass is 429 g/mol. The Kier molecular flexibility index (Phi) is 5.16. The predicted molar refractivity (Wildman–Crippen MR) is 123 cm³/mol. The summed E-state index contributed by atoms with van der Waals surface area (Å²) in [4.78, 5) is 24.6. The summed E-state index contributed by atoms with van der Waals surface area (Å²) >= 11 is 0. The first-order valence-corrected chi connectivity index (χ1v) is 10.5. The lowest BCUT2D eigenvalue weighted by Crippen LogP contribution is -2.46. The highest BCUT2D eigenvalue weighted by atomic mass is 16.6. The van der Waals surface area contributed by atoms with Gasteiger partial charge in [0.1, 0.15) is 11.5 Å². The van der Waals surface area contributed by atoms with Crippen LogP contribution in [0.25, 0.3) is 16.9 Å². The Bertz CT molecular complexity index is 1250. The molecule has 0 amide bonds. The van der Waals surface area contributed by atoms with Gasteiger partial charge in [0, 0.05) is 68.5 Å². The molecule has 0 radical (unpaired) electrons. The maximum atomic E-state index is 11.0. The number of fused-ring (bicyclic) bond motifs is 1. The minimum absolute atomic E-state index is 0.0638. The first kappa shape index (κ1) is 20.0. The summed E-state index contributed by atoms with van der Waals surface area (Å²) in [6, 6.07) is 16.2. The maximum Gasteiger partial charge on any atom is 0.269 e. The summed E-state index contributed by atoms with van der Waals surface area (Å²) < 4.78 is 2.03. The van der Waals surface area contributed by atoms with Crippen molar-refractivity contribution in [2.75, 3.05) is 36.8 Å². The zero-order chi connectivity index (χ0) is 22.1. The van der Waals surface area contributed by atoms with Crippen molar-refractivity contribution < 1.29 is 4.92 Å². The standard InChI is InChI=1S/C23H23N7O2/c24-18-6-9-22-26-23(17-4-7-19(8-5-17)30(31)32)20(29(22)15-18)16-27-11-13-28(14-12-27)21-3-1-2-10-25-21/h1-10,15H,11-14,16,24H2. The molecular formula is C23H23N7O2. The number of nitro groups is 1. The highest BCUT2D eigenvalue weighted by molar-refractivity contribution is 5.68. The Morgan fingerprint density at radius 3 is 2.47 bits per heavy atom. The molecule has 0 bridgehead atoms. The van der Waals surface area contributed by atoms with Crippen LogP contribution in [0.2, 0.25) is 0 Å². The summed E-state index contributed by atoms with van der Waals surface area (Å²) in [5.74, 6) is 1.00. The second-order valence-corrected chi connectivity index (χ2v) is 7.85. The first-order chi connectivity index (χ1) is 15.6. The van der Waals surface area contributed by atoms with Crippen LogP contribution in [0.4, 0.5) is 17.2 Å². The first-order valence-electron chi connectivity index (χ1n) is 10.5. The SMILES string of the molecule is Nc1ccc2nc(-c3ccc([N+](=O)[O-])cc3)c(CN3CCN(c4ccccn4)CC3)n2c1. The molecule has 1 aromatic carbocycles. The van der Waals surface area contributed by atoms with E-state index in [4.69, 9.17) is 10.7 Å². The highest BCUT2D eigenvalue weighted by Crippen LogP contribution is 2.28. The van der Waals surface area contributed by atoms with Gasteiger partial charge in [0.25, 0.3) is 5.69 Å². The third-order valence-corrected chi connectivity index (χ3v) is 5.81. The minimum Gasteiger partial charge on any atom is -0.398 e. The third kappa shape index (κ3) is 3.85. The molecule has 0 atom stereocenters. The van der Waals surface area contributed by atoms with Crippen molar-refractivity contribution in [3.63, 3.8) is 0 Å². The van der Waals surface area contributed by atoms with E-state index in [0.29, 0.717) is 12.2 Å². The molecule has 1 aliphatic rings. The average molecular weight is 429 g/mol. The summed E-state index contributed by atoms with van der Waals surface area (Å²) in [6.45, 7) is 4.27. The molecule has 0 aliphatic carbocycles. The Morgan fingerprint density at radius 2 is 1.78 bits per heavy atom. The van der Waals surface area contributed by atoms with Gasteiger partial charge >= 0.3 is 0 Å². The fourth-order valence-electron chi connectivity index (χ4n) is 4.12. The summed E-state index contributed by atoms with van der Waals surface area (Å²) in [5, 5.41) is 11.0. The van der Waals surface area contributed by atoms with Gasteiger partial charge in [-0.1, -0.05) is 6.07 Å². The molecule has 1 aliphatic heterocycles. The molecule has 1 saturated heterocycles. The highest BCUT2D eigenvalue weighted by Gasteiger charge is 2.22. The number of imidazole rings is 1. The molecule has 4 aromatic rings. The fourth-order valence-corrected chi connectivity index (χ4v) is 4.12. The number of nitrogens with zero attached hydrogens (tertiary/aromatic N) is 6. The van der Waals surface area contributed by atoms with Gasteiger partial charge in [0.2, 0.25) is 0 Å². The van der Waals surface area contributed by atoms with Crippen LogP contribution in [0.3, 0.4) is 0 Å². The molecule has 3 aromatic heterocycles. The van der Waals surface area contributed by atoms with Gasteiger partial charge < -0.3 is 15.0 Å². The molecule has 0 spiro atoms. The number of piperazine rings is 1.